The third-order valence-corrected chi connectivity index (χ3v) is 3.66. The summed E-state index contributed by atoms with van der Waals surface area (Å²) in [7, 11) is 0. The highest BCUT2D eigenvalue weighted by Gasteiger charge is 2.19. The fourth-order valence-electron chi connectivity index (χ4n) is 2.25. The van der Waals surface area contributed by atoms with Crippen molar-refractivity contribution < 1.29 is 14.6 Å². The Morgan fingerprint density at radius 1 is 1.09 bits per heavy atom. The Balaban J connectivity index is 2.04. The molecule has 3 aromatic rings. The molecule has 6 nitrogen and oxygen atoms in total. The van der Waals surface area contributed by atoms with E-state index in [0.29, 0.717) is 27.6 Å². The zero-order valence-electron chi connectivity index (χ0n) is 11.8. The van der Waals surface area contributed by atoms with Gasteiger partial charge >= 0.3 is 0 Å². The Bertz CT molecular complexity index is 842. The Hall–Kier alpha value is -2.70. The number of aliphatic hydroxyl groups is 1. The van der Waals surface area contributed by atoms with Crippen LogP contribution in [0.5, 0.6) is 0 Å². The van der Waals surface area contributed by atoms with Crippen molar-refractivity contribution in [2.75, 3.05) is 0 Å². The maximum absolute atomic E-state index is 10.7. The van der Waals surface area contributed by atoms with E-state index in [1.54, 1.807) is 36.4 Å². The minimum absolute atomic E-state index is 0.0132. The molecule has 0 aliphatic carbocycles. The zero-order valence-corrected chi connectivity index (χ0v) is 12.5. The highest BCUT2D eigenvalue weighted by Crippen LogP contribution is 2.33. The van der Waals surface area contributed by atoms with E-state index in [1.807, 2.05) is 0 Å². The quantitative estimate of drug-likeness (QED) is 0.575. The molecule has 116 valence electrons. The number of hydrogen-bond acceptors (Lipinski definition) is 5. The molecule has 3 rings (SSSR count). The molecule has 0 amide bonds. The summed E-state index contributed by atoms with van der Waals surface area (Å²) < 4.78 is 5.36. The average Bonchev–Trinajstić information content (AvgIpc) is 2.99. The number of benzene rings is 2. The van der Waals surface area contributed by atoms with Crippen LogP contribution in [0, 0.1) is 10.1 Å². The van der Waals surface area contributed by atoms with Crippen LogP contribution in [0.1, 0.15) is 5.56 Å². The van der Waals surface area contributed by atoms with Gasteiger partial charge in [-0.15, -0.1) is 0 Å². The molecule has 0 radical (unpaired) electrons. The smallest absolute Gasteiger partial charge is 0.269 e. The molecule has 0 saturated heterocycles. The maximum atomic E-state index is 10.7. The predicted molar refractivity (Wildman–Crippen MR) is 85.0 cm³/mol. The van der Waals surface area contributed by atoms with Crippen LogP contribution in [0.25, 0.3) is 22.6 Å². The first-order valence-corrected chi connectivity index (χ1v) is 7.08. The van der Waals surface area contributed by atoms with Crippen LogP contribution in [-0.4, -0.2) is 15.2 Å². The van der Waals surface area contributed by atoms with Gasteiger partial charge in [0.2, 0.25) is 0 Å². The summed E-state index contributed by atoms with van der Waals surface area (Å²) in [5.74, 6) is 0.442. The fourth-order valence-corrected chi connectivity index (χ4v) is 2.38. The number of rotatable bonds is 4. The van der Waals surface area contributed by atoms with Crippen molar-refractivity contribution in [3.8, 4) is 22.6 Å². The Labute approximate surface area is 136 Å². The van der Waals surface area contributed by atoms with Crippen molar-refractivity contribution >= 4 is 17.3 Å². The highest BCUT2D eigenvalue weighted by molar-refractivity contribution is 6.30. The van der Waals surface area contributed by atoms with Gasteiger partial charge in [-0.05, 0) is 36.4 Å². The molecule has 0 atom stereocenters. The van der Waals surface area contributed by atoms with E-state index in [9.17, 15) is 15.2 Å². The first-order chi connectivity index (χ1) is 11.1. The average molecular weight is 331 g/mol. The van der Waals surface area contributed by atoms with Crippen molar-refractivity contribution in [2.45, 2.75) is 6.61 Å². The van der Waals surface area contributed by atoms with Crippen LogP contribution in [0.15, 0.2) is 53.1 Å². The topological polar surface area (TPSA) is 89.4 Å². The number of nitrogens with zero attached hydrogens (tertiary/aromatic N) is 2. The second-order valence-corrected chi connectivity index (χ2v) is 5.24. The molecule has 0 aliphatic rings. The molecule has 0 bridgehead atoms. The van der Waals surface area contributed by atoms with Crippen molar-refractivity contribution in [1.82, 2.24) is 5.16 Å². The molecule has 23 heavy (non-hydrogen) atoms. The molecule has 2 aromatic carbocycles. The van der Waals surface area contributed by atoms with Gasteiger partial charge in [-0.1, -0.05) is 16.8 Å². The van der Waals surface area contributed by atoms with Gasteiger partial charge in [0.05, 0.1) is 17.1 Å². The van der Waals surface area contributed by atoms with Gasteiger partial charge in [0.1, 0.15) is 5.69 Å². The first kappa shape index (κ1) is 15.2. The Morgan fingerprint density at radius 2 is 1.70 bits per heavy atom. The van der Waals surface area contributed by atoms with Gasteiger partial charge in [0.25, 0.3) is 5.69 Å². The number of hydrogen-bond donors (Lipinski definition) is 1. The second-order valence-electron chi connectivity index (χ2n) is 4.81. The van der Waals surface area contributed by atoms with Gasteiger partial charge in [0.15, 0.2) is 5.76 Å². The van der Waals surface area contributed by atoms with Crippen molar-refractivity contribution in [2.24, 2.45) is 0 Å². The highest BCUT2D eigenvalue weighted by atomic mass is 35.5. The normalized spacial score (nSPS) is 10.7. The summed E-state index contributed by atoms with van der Waals surface area (Å²) in [4.78, 5) is 10.2. The largest absolute Gasteiger partial charge is 0.391 e. The number of nitro groups is 1. The minimum atomic E-state index is -0.474. The van der Waals surface area contributed by atoms with Crippen LogP contribution in [-0.2, 0) is 6.61 Å². The van der Waals surface area contributed by atoms with Crippen LogP contribution in [0.2, 0.25) is 5.02 Å². The summed E-state index contributed by atoms with van der Waals surface area (Å²) in [5, 5.41) is 25.0. The summed E-state index contributed by atoms with van der Waals surface area (Å²) in [6.45, 7) is -0.270. The minimum Gasteiger partial charge on any atom is -0.391 e. The zero-order chi connectivity index (χ0) is 16.4. The van der Waals surface area contributed by atoms with E-state index in [4.69, 9.17) is 16.1 Å². The molecule has 7 heteroatoms. The molecule has 1 heterocycles. The second kappa shape index (κ2) is 6.20. The van der Waals surface area contributed by atoms with Gasteiger partial charge < -0.3 is 9.63 Å². The van der Waals surface area contributed by atoms with Gasteiger partial charge in [0, 0.05) is 28.3 Å². The molecule has 1 N–H and O–H groups in total. The molecule has 0 saturated carbocycles. The van der Waals surface area contributed by atoms with Crippen LogP contribution < -0.4 is 0 Å². The van der Waals surface area contributed by atoms with Crippen LogP contribution in [0.4, 0.5) is 5.69 Å². The third kappa shape index (κ3) is 2.94. The SMILES string of the molecule is O=[N+]([O-])c1ccc(-c2noc(-c3ccc(Cl)cc3)c2CO)cc1. The molecule has 0 fully saturated rings. The lowest BCUT2D eigenvalue weighted by Gasteiger charge is -2.01. The lowest BCUT2D eigenvalue weighted by atomic mass is 10.0. The van der Waals surface area contributed by atoms with Gasteiger partial charge in [-0.2, -0.15) is 0 Å². The van der Waals surface area contributed by atoms with E-state index in [0.717, 1.165) is 5.56 Å². The number of aliphatic hydroxyl groups excluding tert-OH is 1. The molecule has 0 spiro atoms. The van der Waals surface area contributed by atoms with E-state index >= 15 is 0 Å². The first-order valence-electron chi connectivity index (χ1n) is 6.70. The van der Waals surface area contributed by atoms with Gasteiger partial charge in [-0.3, -0.25) is 10.1 Å². The summed E-state index contributed by atoms with van der Waals surface area (Å²) in [6.07, 6.45) is 0. The Kier molecular flexibility index (Phi) is 4.10. The maximum Gasteiger partial charge on any atom is 0.269 e. The number of nitro benzene ring substituents is 1. The lowest BCUT2D eigenvalue weighted by Crippen LogP contribution is -1.90. The number of halogens is 1. The van der Waals surface area contributed by atoms with Gasteiger partial charge in [-0.25, -0.2) is 0 Å². The van der Waals surface area contributed by atoms with E-state index in [1.165, 1.54) is 12.1 Å². The van der Waals surface area contributed by atoms with E-state index < -0.39 is 4.92 Å². The van der Waals surface area contributed by atoms with Crippen molar-refractivity contribution in [1.29, 1.82) is 0 Å². The molecule has 0 unspecified atom stereocenters. The van der Waals surface area contributed by atoms with E-state index in [-0.39, 0.29) is 12.3 Å². The summed E-state index contributed by atoms with van der Waals surface area (Å²) in [5.41, 5.74) is 2.32. The van der Waals surface area contributed by atoms with Crippen molar-refractivity contribution in [3.05, 3.63) is 69.2 Å². The summed E-state index contributed by atoms with van der Waals surface area (Å²) in [6, 6.07) is 12.9. The third-order valence-electron chi connectivity index (χ3n) is 3.40. The Morgan fingerprint density at radius 3 is 2.26 bits per heavy atom. The fraction of sp³-hybridized carbons (Fsp3) is 0.0625. The molecular weight excluding hydrogens is 320 g/mol. The lowest BCUT2D eigenvalue weighted by molar-refractivity contribution is -0.384. The van der Waals surface area contributed by atoms with Crippen LogP contribution in [0.3, 0.4) is 0 Å². The predicted octanol–water partition coefficient (Wildman–Crippen LogP) is 4.06. The van der Waals surface area contributed by atoms with Crippen LogP contribution >= 0.6 is 11.6 Å². The molecule has 0 aliphatic heterocycles. The van der Waals surface area contributed by atoms with E-state index in [2.05, 4.69) is 5.16 Å². The van der Waals surface area contributed by atoms with Crippen molar-refractivity contribution in [3.63, 3.8) is 0 Å². The molecule has 1 aromatic heterocycles. The monoisotopic (exact) mass is 330 g/mol. The standard InChI is InChI=1S/C16H11ClN2O4/c17-12-5-1-11(2-6-12)16-14(9-20)15(18-23-16)10-3-7-13(8-4-10)19(21)22/h1-8,20H,9H2. The molecular formula is C16H11ClN2O4. The number of aromatic nitrogens is 1. The number of non-ortho nitro benzene ring substituents is 1. The summed E-state index contributed by atoms with van der Waals surface area (Å²) >= 11 is 5.86.